The summed E-state index contributed by atoms with van der Waals surface area (Å²) >= 11 is 0. The zero-order chi connectivity index (χ0) is 18.9. The molecule has 0 N–H and O–H groups in total. The summed E-state index contributed by atoms with van der Waals surface area (Å²) in [5.74, 6) is -0.663. The van der Waals surface area contributed by atoms with E-state index in [1.165, 1.54) is 0 Å². The van der Waals surface area contributed by atoms with Crippen LogP contribution in [-0.2, 0) is 19.1 Å². The highest BCUT2D eigenvalue weighted by Crippen LogP contribution is 2.22. The van der Waals surface area contributed by atoms with Crippen LogP contribution in [0.3, 0.4) is 0 Å². The number of carbonyl (C=O) groups excluding carboxylic acids is 2. The summed E-state index contributed by atoms with van der Waals surface area (Å²) in [4.78, 5) is 25.1. The number of unbranched alkanes of at least 4 members (excludes halogenated alkanes) is 5. The number of esters is 2. The normalized spacial score (nSPS) is 11.8. The van der Waals surface area contributed by atoms with Gasteiger partial charge in [0, 0.05) is 11.1 Å². The fourth-order valence-corrected chi connectivity index (χ4v) is 2.45. The van der Waals surface area contributed by atoms with Gasteiger partial charge in [-0.25, -0.2) is 9.59 Å². The van der Waals surface area contributed by atoms with Crippen LogP contribution in [0.25, 0.3) is 0 Å². The molecule has 0 heterocycles. The molecule has 0 aliphatic heterocycles. The highest BCUT2D eigenvalue weighted by Gasteiger charge is 2.22. The summed E-state index contributed by atoms with van der Waals surface area (Å²) in [6, 6.07) is 0. The molecule has 0 rings (SSSR count). The van der Waals surface area contributed by atoms with Crippen molar-refractivity contribution in [1.29, 1.82) is 0 Å². The second kappa shape index (κ2) is 16.2. The Balaban J connectivity index is 5.28. The number of rotatable bonds is 15. The highest BCUT2D eigenvalue weighted by molar-refractivity contribution is 6.00. The van der Waals surface area contributed by atoms with Crippen LogP contribution in [0.1, 0.15) is 98.3 Å². The van der Waals surface area contributed by atoms with Crippen molar-refractivity contribution in [2.24, 2.45) is 0 Å². The third-order valence-corrected chi connectivity index (χ3v) is 4.13. The van der Waals surface area contributed by atoms with Crippen molar-refractivity contribution in [1.82, 2.24) is 0 Å². The van der Waals surface area contributed by atoms with Crippen LogP contribution in [0, 0.1) is 0 Å². The molecule has 0 unspecified atom stereocenters. The average Bonchev–Trinajstić information content (AvgIpc) is 2.60. The molecule has 0 saturated carbocycles. The number of hydrogen-bond acceptors (Lipinski definition) is 4. The lowest BCUT2D eigenvalue weighted by Gasteiger charge is -2.15. The monoisotopic (exact) mass is 354 g/mol. The van der Waals surface area contributed by atoms with Gasteiger partial charge in [0.25, 0.3) is 0 Å². The summed E-state index contributed by atoms with van der Waals surface area (Å²) < 4.78 is 10.8. The van der Waals surface area contributed by atoms with Gasteiger partial charge in [-0.3, -0.25) is 0 Å². The summed E-state index contributed by atoms with van der Waals surface area (Å²) in [7, 11) is 0. The Bertz CT molecular complexity index is 399. The van der Waals surface area contributed by atoms with Gasteiger partial charge in [0.15, 0.2) is 0 Å². The van der Waals surface area contributed by atoms with Gasteiger partial charge in [-0.2, -0.15) is 0 Å². The van der Waals surface area contributed by atoms with E-state index in [1.54, 1.807) is 0 Å². The highest BCUT2D eigenvalue weighted by atomic mass is 16.5. The zero-order valence-corrected chi connectivity index (χ0v) is 16.8. The van der Waals surface area contributed by atoms with Gasteiger partial charge >= 0.3 is 11.9 Å². The molecule has 146 valence electrons. The molecule has 0 bridgehead atoms. The number of carbonyl (C=O) groups is 2. The predicted octanol–water partition coefficient (Wildman–Crippen LogP) is 5.74. The fourth-order valence-electron chi connectivity index (χ4n) is 2.45. The first-order valence-electron chi connectivity index (χ1n) is 10.2. The van der Waals surface area contributed by atoms with Crippen LogP contribution < -0.4 is 0 Å². The Morgan fingerprint density at radius 2 is 0.960 bits per heavy atom. The van der Waals surface area contributed by atoms with E-state index >= 15 is 0 Å². The second-order valence-electron chi connectivity index (χ2n) is 6.50. The smallest absolute Gasteiger partial charge is 0.334 e. The van der Waals surface area contributed by atoms with E-state index in [0.717, 1.165) is 57.8 Å². The molecule has 0 spiro atoms. The first-order chi connectivity index (χ1) is 12.1. The molecule has 4 heteroatoms. The Labute approximate surface area is 154 Å². The molecule has 0 fully saturated rings. The molecule has 0 amide bonds. The van der Waals surface area contributed by atoms with Gasteiger partial charge in [-0.15, -0.1) is 0 Å². The van der Waals surface area contributed by atoms with Crippen molar-refractivity contribution in [2.75, 3.05) is 13.2 Å². The van der Waals surface area contributed by atoms with Crippen LogP contribution in [0.5, 0.6) is 0 Å². The predicted molar refractivity (Wildman–Crippen MR) is 102 cm³/mol. The Hall–Kier alpha value is -1.32. The maximum absolute atomic E-state index is 12.6. The first-order valence-corrected chi connectivity index (χ1v) is 10.2. The SMILES string of the molecule is CCCCCC(C(=O)OCCCC)=C(CCCC)C(=O)OCCCC. The summed E-state index contributed by atoms with van der Waals surface area (Å²) in [6.07, 6.45) is 9.68. The van der Waals surface area contributed by atoms with Crippen LogP contribution in [0.2, 0.25) is 0 Å². The molecule has 0 aliphatic carbocycles. The van der Waals surface area contributed by atoms with Crippen molar-refractivity contribution in [3.05, 3.63) is 11.1 Å². The van der Waals surface area contributed by atoms with Crippen molar-refractivity contribution < 1.29 is 19.1 Å². The van der Waals surface area contributed by atoms with Crippen molar-refractivity contribution >= 4 is 11.9 Å². The molecule has 4 nitrogen and oxygen atoms in total. The Morgan fingerprint density at radius 1 is 0.560 bits per heavy atom. The summed E-state index contributed by atoms with van der Waals surface area (Å²) in [6.45, 7) is 9.15. The Morgan fingerprint density at radius 3 is 1.36 bits per heavy atom. The minimum atomic E-state index is -0.333. The van der Waals surface area contributed by atoms with E-state index in [-0.39, 0.29) is 11.9 Å². The van der Waals surface area contributed by atoms with E-state index in [9.17, 15) is 9.59 Å². The van der Waals surface area contributed by atoms with E-state index in [1.807, 2.05) is 0 Å². The second-order valence-corrected chi connectivity index (χ2v) is 6.50. The van der Waals surface area contributed by atoms with Gasteiger partial charge in [0.1, 0.15) is 0 Å². The number of hydrogen-bond donors (Lipinski definition) is 0. The minimum Gasteiger partial charge on any atom is -0.462 e. The fraction of sp³-hybridized carbons (Fsp3) is 0.810. The molecule has 0 saturated heterocycles. The molecule has 0 aromatic carbocycles. The summed E-state index contributed by atoms with van der Waals surface area (Å²) in [5.41, 5.74) is 1.08. The van der Waals surface area contributed by atoms with Gasteiger partial charge in [0.05, 0.1) is 13.2 Å². The van der Waals surface area contributed by atoms with E-state index < -0.39 is 0 Å². The van der Waals surface area contributed by atoms with Crippen molar-refractivity contribution in [2.45, 2.75) is 98.3 Å². The lowest BCUT2D eigenvalue weighted by Crippen LogP contribution is -2.18. The van der Waals surface area contributed by atoms with Crippen LogP contribution in [0.4, 0.5) is 0 Å². The quantitative estimate of drug-likeness (QED) is 0.214. The largest absolute Gasteiger partial charge is 0.462 e. The zero-order valence-electron chi connectivity index (χ0n) is 16.8. The van der Waals surface area contributed by atoms with Gasteiger partial charge < -0.3 is 9.47 Å². The first kappa shape index (κ1) is 23.7. The number of ether oxygens (including phenoxy) is 2. The lowest BCUT2D eigenvalue weighted by molar-refractivity contribution is -0.142. The van der Waals surface area contributed by atoms with E-state index in [4.69, 9.17) is 9.47 Å². The van der Waals surface area contributed by atoms with E-state index in [2.05, 4.69) is 27.7 Å². The maximum atomic E-state index is 12.6. The maximum Gasteiger partial charge on any atom is 0.334 e. The summed E-state index contributed by atoms with van der Waals surface area (Å²) in [5, 5.41) is 0. The molecule has 25 heavy (non-hydrogen) atoms. The van der Waals surface area contributed by atoms with Gasteiger partial charge in [-0.1, -0.05) is 59.8 Å². The van der Waals surface area contributed by atoms with Gasteiger partial charge in [0.2, 0.25) is 0 Å². The average molecular weight is 355 g/mol. The van der Waals surface area contributed by atoms with Crippen LogP contribution in [0.15, 0.2) is 11.1 Å². The molecule has 0 atom stereocenters. The van der Waals surface area contributed by atoms with Crippen molar-refractivity contribution in [3.63, 3.8) is 0 Å². The molecular weight excluding hydrogens is 316 g/mol. The van der Waals surface area contributed by atoms with Crippen molar-refractivity contribution in [3.8, 4) is 0 Å². The van der Waals surface area contributed by atoms with Crippen LogP contribution >= 0.6 is 0 Å². The molecule has 0 aromatic rings. The molecule has 0 aromatic heterocycles. The standard InChI is InChI=1S/C21H38O4/c1-5-9-13-15-19(21(23)25-17-12-8-4)18(14-10-6-2)20(22)24-16-11-7-3/h5-17H2,1-4H3. The third-order valence-electron chi connectivity index (χ3n) is 4.13. The Kier molecular flexibility index (Phi) is 15.3. The minimum absolute atomic E-state index is 0.330. The molecular formula is C21H38O4. The molecule has 0 aliphatic rings. The van der Waals surface area contributed by atoms with E-state index in [0.29, 0.717) is 37.2 Å². The third kappa shape index (κ3) is 11.0. The topological polar surface area (TPSA) is 52.6 Å². The van der Waals surface area contributed by atoms with Gasteiger partial charge in [-0.05, 0) is 38.5 Å². The molecule has 0 radical (unpaired) electrons. The lowest BCUT2D eigenvalue weighted by atomic mass is 9.97. The van der Waals surface area contributed by atoms with Crippen LogP contribution in [-0.4, -0.2) is 25.2 Å².